The number of benzene rings is 9. The van der Waals surface area contributed by atoms with E-state index in [0.717, 1.165) is 28.4 Å². The van der Waals surface area contributed by atoms with Gasteiger partial charge in [0.05, 0.1) is 5.69 Å². The van der Waals surface area contributed by atoms with Gasteiger partial charge in [-0.2, -0.15) is 0 Å². The molecule has 0 aliphatic heterocycles. The zero-order valence-electron chi connectivity index (χ0n) is 34.0. The summed E-state index contributed by atoms with van der Waals surface area (Å²) in [5.74, 6) is 0. The van der Waals surface area contributed by atoms with E-state index in [4.69, 9.17) is 0 Å². The summed E-state index contributed by atoms with van der Waals surface area (Å²) < 4.78 is 0. The molecule has 0 saturated heterocycles. The van der Waals surface area contributed by atoms with Crippen LogP contribution in [-0.4, -0.2) is 8.07 Å². The molecule has 0 bridgehead atoms. The minimum absolute atomic E-state index is 0.113. The average molecular weight is 787 g/mol. The predicted octanol–water partition coefficient (Wildman–Crippen LogP) is 12.3. The van der Waals surface area contributed by atoms with Crippen LogP contribution >= 0.6 is 0 Å². The molecule has 1 aliphatic rings. The monoisotopic (exact) mass is 786 g/mol. The second-order valence-electron chi connectivity index (χ2n) is 16.1. The fraction of sp³-hybridized carbons (Fsp3) is 0.0526. The largest absolute Gasteiger partial charge is 0.311 e. The lowest BCUT2D eigenvalue weighted by Crippen LogP contribution is -2.74. The van der Waals surface area contributed by atoms with Crippen molar-refractivity contribution in [2.24, 2.45) is 0 Å². The normalized spacial score (nSPS) is 12.6. The highest BCUT2D eigenvalue weighted by Gasteiger charge is 2.42. The van der Waals surface area contributed by atoms with E-state index in [1.165, 1.54) is 48.7 Å². The molecular weight excluding hydrogens is 741 g/mol. The molecule has 60 heavy (non-hydrogen) atoms. The van der Waals surface area contributed by atoms with Crippen LogP contribution in [0.5, 0.6) is 0 Å². The molecule has 0 atom stereocenters. The molecule has 0 spiro atoms. The Bertz CT molecular complexity index is 2800. The van der Waals surface area contributed by atoms with Crippen molar-refractivity contribution in [3.8, 4) is 11.1 Å². The van der Waals surface area contributed by atoms with Gasteiger partial charge in [-0.1, -0.05) is 190 Å². The third-order valence-electron chi connectivity index (χ3n) is 12.4. The number of anilines is 6. The van der Waals surface area contributed by atoms with Gasteiger partial charge in [0.25, 0.3) is 0 Å². The number of para-hydroxylation sites is 3. The highest BCUT2D eigenvalue weighted by Crippen LogP contribution is 2.54. The minimum Gasteiger partial charge on any atom is -0.311 e. The molecule has 10 rings (SSSR count). The number of rotatable bonds is 10. The Morgan fingerprint density at radius 3 is 1.28 bits per heavy atom. The fourth-order valence-electron chi connectivity index (χ4n) is 9.64. The van der Waals surface area contributed by atoms with Crippen LogP contribution in [0.4, 0.5) is 34.1 Å². The van der Waals surface area contributed by atoms with E-state index in [0.29, 0.717) is 0 Å². The third-order valence-corrected chi connectivity index (χ3v) is 17.2. The summed E-state index contributed by atoms with van der Waals surface area (Å²) in [6, 6.07) is 89.3. The molecule has 0 radical (unpaired) electrons. The van der Waals surface area contributed by atoms with Crippen molar-refractivity contribution in [1.29, 1.82) is 0 Å². The van der Waals surface area contributed by atoms with Gasteiger partial charge in [0.2, 0.25) is 0 Å². The summed E-state index contributed by atoms with van der Waals surface area (Å²) >= 11 is 0. The van der Waals surface area contributed by atoms with Gasteiger partial charge in [-0.3, -0.25) is 0 Å². The Hall–Kier alpha value is -7.20. The van der Waals surface area contributed by atoms with E-state index in [-0.39, 0.29) is 5.41 Å². The summed E-state index contributed by atoms with van der Waals surface area (Å²) in [5, 5.41) is 5.32. The maximum absolute atomic E-state index is 2.94. The van der Waals surface area contributed by atoms with Gasteiger partial charge in [0, 0.05) is 39.4 Å². The van der Waals surface area contributed by atoms with E-state index in [2.05, 4.69) is 266 Å². The molecule has 0 unspecified atom stereocenters. The van der Waals surface area contributed by atoms with Crippen molar-refractivity contribution in [1.82, 2.24) is 0 Å². The van der Waals surface area contributed by atoms with Gasteiger partial charge in [-0.05, 0) is 104 Å². The van der Waals surface area contributed by atoms with Gasteiger partial charge in [-0.25, -0.2) is 0 Å². The van der Waals surface area contributed by atoms with Crippen LogP contribution in [-0.2, 0) is 5.41 Å². The summed E-state index contributed by atoms with van der Waals surface area (Å²) in [6.45, 7) is 4.72. The molecule has 0 heterocycles. The van der Waals surface area contributed by atoms with Crippen LogP contribution in [0.25, 0.3) is 11.1 Å². The summed E-state index contributed by atoms with van der Waals surface area (Å²) in [6.07, 6.45) is 0. The Balaban J connectivity index is 1.20. The van der Waals surface area contributed by atoms with Crippen LogP contribution in [0.3, 0.4) is 0 Å². The Morgan fingerprint density at radius 1 is 0.317 bits per heavy atom. The van der Waals surface area contributed by atoms with Gasteiger partial charge in [0.1, 0.15) is 0 Å². The molecule has 0 fully saturated rings. The Labute approximate surface area is 355 Å². The smallest absolute Gasteiger partial charge is 0.179 e. The highest BCUT2D eigenvalue weighted by atomic mass is 28.3. The first-order valence-electron chi connectivity index (χ1n) is 20.9. The molecule has 0 saturated carbocycles. The predicted molar refractivity (Wildman–Crippen MR) is 257 cm³/mol. The summed E-state index contributed by atoms with van der Waals surface area (Å²) in [7, 11) is -2.94. The van der Waals surface area contributed by atoms with Crippen LogP contribution in [0.2, 0.25) is 0 Å². The molecular formula is C57H46N2Si. The molecule has 1 aliphatic carbocycles. The molecule has 0 aromatic heterocycles. The number of nitrogens with zero attached hydrogens (tertiary/aromatic N) is 2. The lowest BCUT2D eigenvalue weighted by molar-refractivity contribution is 0.660. The van der Waals surface area contributed by atoms with Crippen molar-refractivity contribution < 1.29 is 0 Å². The van der Waals surface area contributed by atoms with Crippen molar-refractivity contribution in [3.05, 3.63) is 254 Å². The average Bonchev–Trinajstić information content (AvgIpc) is 3.55. The summed E-state index contributed by atoms with van der Waals surface area (Å²) in [5.41, 5.74) is 12.0. The van der Waals surface area contributed by atoms with Crippen LogP contribution < -0.4 is 30.5 Å². The second kappa shape index (κ2) is 15.5. The lowest BCUT2D eigenvalue weighted by Gasteiger charge is -2.36. The van der Waals surface area contributed by atoms with Crippen LogP contribution in [0, 0.1) is 0 Å². The van der Waals surface area contributed by atoms with Gasteiger partial charge < -0.3 is 9.80 Å². The molecule has 0 N–H and O–H groups in total. The molecule has 2 nitrogen and oxygen atoms in total. The first-order valence-corrected chi connectivity index (χ1v) is 22.9. The van der Waals surface area contributed by atoms with Crippen LogP contribution in [0.1, 0.15) is 25.0 Å². The minimum atomic E-state index is -2.94. The number of hydrogen-bond acceptors (Lipinski definition) is 2. The van der Waals surface area contributed by atoms with Crippen molar-refractivity contribution in [2.75, 3.05) is 9.80 Å². The van der Waals surface area contributed by atoms with E-state index in [9.17, 15) is 0 Å². The molecule has 9 aromatic carbocycles. The quantitative estimate of drug-likeness (QED) is 0.101. The summed E-state index contributed by atoms with van der Waals surface area (Å²) in [4.78, 5) is 4.82. The SMILES string of the molecule is CC1(C)c2ccccc2-c2c(N(c3ccccc3)c3cccc([Si](c4ccccc4)(c4ccccc4)c4ccc(N(c5ccccc5)c5ccccc5)cc4)c3)cccc21. The van der Waals surface area contributed by atoms with Crippen molar-refractivity contribution in [3.63, 3.8) is 0 Å². The topological polar surface area (TPSA) is 6.48 Å². The second-order valence-corrected chi connectivity index (χ2v) is 19.9. The van der Waals surface area contributed by atoms with E-state index in [1.807, 2.05) is 0 Å². The Kier molecular flexibility index (Phi) is 9.59. The van der Waals surface area contributed by atoms with E-state index >= 15 is 0 Å². The van der Waals surface area contributed by atoms with Crippen molar-refractivity contribution >= 4 is 62.9 Å². The van der Waals surface area contributed by atoms with Gasteiger partial charge in [-0.15, -0.1) is 0 Å². The fourth-order valence-corrected chi connectivity index (χ4v) is 14.4. The van der Waals surface area contributed by atoms with Crippen molar-refractivity contribution in [2.45, 2.75) is 19.3 Å². The van der Waals surface area contributed by atoms with Crippen LogP contribution in [0.15, 0.2) is 243 Å². The number of hydrogen-bond donors (Lipinski definition) is 0. The number of fused-ring (bicyclic) bond motifs is 3. The molecule has 3 heteroatoms. The Morgan fingerprint density at radius 2 is 0.717 bits per heavy atom. The molecule has 9 aromatic rings. The standard InChI is InChI=1S/C57H46N2Si/c1-57(2)53-35-19-18-34-52(53)56-54(57)36-21-37-55(56)59(45-26-12-5-13-27-45)47-28-20-33-51(42-47)60(48-29-14-6-15-30-48,49-31-16-7-17-32-49)50-40-38-46(39-41-50)58(43-22-8-3-9-23-43)44-24-10-4-11-25-44/h3-42H,1-2H3. The zero-order chi connectivity index (χ0) is 40.5. The third kappa shape index (κ3) is 6.26. The zero-order valence-corrected chi connectivity index (χ0v) is 35.0. The maximum Gasteiger partial charge on any atom is 0.179 e. The maximum atomic E-state index is 2.48. The first kappa shape index (κ1) is 37.1. The molecule has 288 valence electrons. The highest BCUT2D eigenvalue weighted by molar-refractivity contribution is 7.19. The van der Waals surface area contributed by atoms with Gasteiger partial charge in [0.15, 0.2) is 8.07 Å². The van der Waals surface area contributed by atoms with E-state index in [1.54, 1.807) is 0 Å². The molecule has 0 amide bonds. The van der Waals surface area contributed by atoms with Gasteiger partial charge >= 0.3 is 0 Å². The van der Waals surface area contributed by atoms with E-state index < -0.39 is 8.07 Å². The first-order chi connectivity index (χ1) is 29.5. The lowest BCUT2D eigenvalue weighted by atomic mass is 9.82.